The molecule has 0 fully saturated rings. The van der Waals surface area contributed by atoms with Gasteiger partial charge in [-0.15, -0.1) is 0 Å². The van der Waals surface area contributed by atoms with Crippen molar-refractivity contribution in [2.24, 2.45) is 0 Å². The Kier molecular flexibility index (Phi) is 14.3. The van der Waals surface area contributed by atoms with Gasteiger partial charge in [-0.05, 0) is 0 Å². The number of hydrogen-bond donors (Lipinski definition) is 1. The summed E-state index contributed by atoms with van der Waals surface area (Å²) >= 11 is 0. The third-order valence-electron chi connectivity index (χ3n) is 0.608. The molecule has 4 heteroatoms. The van der Waals surface area contributed by atoms with Crippen molar-refractivity contribution in [2.45, 2.75) is 13.3 Å². The van der Waals surface area contributed by atoms with Crippen LogP contribution >= 0.6 is 0 Å². The summed E-state index contributed by atoms with van der Waals surface area (Å²) in [6.45, 7) is 1.75. The molecule has 0 rings (SSSR count). The highest BCUT2D eigenvalue weighted by Crippen LogP contribution is 1.79. The van der Waals surface area contributed by atoms with Gasteiger partial charge in [-0.3, -0.25) is 4.79 Å². The summed E-state index contributed by atoms with van der Waals surface area (Å²) < 4.78 is 8.73. The molecular weight excluding hydrogens is 148 g/mol. The van der Waals surface area contributed by atoms with Crippen LogP contribution in [0.3, 0.4) is 0 Å². The van der Waals surface area contributed by atoms with Crippen LogP contribution < -0.4 is 0 Å². The lowest BCUT2D eigenvalue weighted by molar-refractivity contribution is -0.141. The van der Waals surface area contributed by atoms with Crippen molar-refractivity contribution in [2.75, 3.05) is 27.4 Å². The van der Waals surface area contributed by atoms with E-state index in [1.807, 2.05) is 0 Å². The van der Waals surface area contributed by atoms with Gasteiger partial charge in [0.25, 0.3) is 0 Å². The van der Waals surface area contributed by atoms with E-state index in [4.69, 9.17) is 5.11 Å². The van der Waals surface area contributed by atoms with E-state index in [0.29, 0.717) is 13.0 Å². The maximum absolute atomic E-state index is 10.0. The minimum atomic E-state index is -0.293. The van der Waals surface area contributed by atoms with Crippen molar-refractivity contribution in [3.05, 3.63) is 0 Å². The van der Waals surface area contributed by atoms with E-state index in [2.05, 4.69) is 9.47 Å². The Morgan fingerprint density at radius 3 is 2.18 bits per heavy atom. The molecule has 0 amide bonds. The average Bonchev–Trinajstić information content (AvgIpc) is 1.89. The van der Waals surface area contributed by atoms with E-state index in [0.717, 1.165) is 0 Å². The minimum absolute atomic E-state index is 0.0767. The maximum Gasteiger partial charge on any atom is 0.302 e. The lowest BCUT2D eigenvalue weighted by Crippen LogP contribution is -2.01. The summed E-state index contributed by atoms with van der Waals surface area (Å²) in [5, 5.41) is 8.19. The van der Waals surface area contributed by atoms with E-state index >= 15 is 0 Å². The number of methoxy groups -OCH3 is 1. The first-order chi connectivity index (χ1) is 5.18. The van der Waals surface area contributed by atoms with Crippen LogP contribution in [0.25, 0.3) is 0 Å². The molecule has 0 aliphatic heterocycles. The molecule has 0 aliphatic carbocycles. The number of aliphatic hydroxyl groups is 1. The number of rotatable bonds is 3. The largest absolute Gasteiger partial charge is 0.466 e. The molecule has 11 heavy (non-hydrogen) atoms. The molecule has 1 N–H and O–H groups in total. The highest BCUT2D eigenvalue weighted by atomic mass is 16.5. The van der Waals surface area contributed by atoms with Crippen molar-refractivity contribution in [3.8, 4) is 0 Å². The lowest BCUT2D eigenvalue weighted by atomic mass is 10.5. The molecule has 0 aliphatic rings. The normalized spacial score (nSPS) is 8.00. The predicted molar refractivity (Wildman–Crippen MR) is 41.3 cm³/mol. The zero-order valence-electron chi connectivity index (χ0n) is 7.29. The van der Waals surface area contributed by atoms with Crippen molar-refractivity contribution in [1.82, 2.24) is 0 Å². The Morgan fingerprint density at radius 2 is 1.91 bits per heavy atom. The molecule has 0 aromatic rings. The smallest absolute Gasteiger partial charge is 0.302 e. The van der Waals surface area contributed by atoms with Crippen LogP contribution in [0.5, 0.6) is 0 Å². The molecule has 0 aromatic carbocycles. The predicted octanol–water partition coefficient (Wildman–Crippen LogP) is 0.194. The molecule has 0 bridgehead atoms. The second-order valence-corrected chi connectivity index (χ2v) is 1.83. The Morgan fingerprint density at radius 1 is 1.45 bits per heavy atom. The number of ether oxygens (including phenoxy) is 2. The van der Waals surface area contributed by atoms with Gasteiger partial charge in [0.2, 0.25) is 0 Å². The molecule has 0 spiro atoms. The molecule has 0 unspecified atom stereocenters. The van der Waals surface area contributed by atoms with Crippen LogP contribution in [-0.4, -0.2) is 38.5 Å². The summed E-state index contributed by atoms with van der Waals surface area (Å²) in [6, 6.07) is 0. The summed E-state index contributed by atoms with van der Waals surface area (Å²) in [4.78, 5) is 10.0. The van der Waals surface area contributed by atoms with Gasteiger partial charge in [0.05, 0.1) is 6.61 Å². The van der Waals surface area contributed by atoms with Crippen molar-refractivity contribution in [3.63, 3.8) is 0 Å². The van der Waals surface area contributed by atoms with Crippen LogP contribution in [-0.2, 0) is 14.3 Å². The van der Waals surface area contributed by atoms with Crippen molar-refractivity contribution >= 4 is 5.97 Å². The van der Waals surface area contributed by atoms with E-state index in [9.17, 15) is 4.79 Å². The SMILES string of the molecule is CC(=O)OCCCO.COC. The zero-order valence-corrected chi connectivity index (χ0v) is 7.29. The number of carbonyl (C=O) groups is 1. The van der Waals surface area contributed by atoms with Gasteiger partial charge in [-0.2, -0.15) is 0 Å². The average molecular weight is 164 g/mol. The number of aliphatic hydroxyl groups excluding tert-OH is 1. The van der Waals surface area contributed by atoms with E-state index in [-0.39, 0.29) is 12.6 Å². The number of esters is 1. The molecule has 4 nitrogen and oxygen atoms in total. The van der Waals surface area contributed by atoms with Crippen LogP contribution in [0.15, 0.2) is 0 Å². The summed E-state index contributed by atoms with van der Waals surface area (Å²) in [7, 11) is 3.25. The zero-order chi connectivity index (χ0) is 9.11. The van der Waals surface area contributed by atoms with E-state index < -0.39 is 0 Å². The molecule has 68 valence electrons. The minimum Gasteiger partial charge on any atom is -0.466 e. The summed E-state index contributed by atoms with van der Waals surface area (Å²) in [6.07, 6.45) is 0.527. The van der Waals surface area contributed by atoms with Gasteiger partial charge >= 0.3 is 5.97 Å². The second kappa shape index (κ2) is 12.1. The topological polar surface area (TPSA) is 55.8 Å². The Hall–Kier alpha value is -0.610. The van der Waals surface area contributed by atoms with Crippen LogP contribution in [0, 0.1) is 0 Å². The van der Waals surface area contributed by atoms with Gasteiger partial charge in [0.15, 0.2) is 0 Å². The van der Waals surface area contributed by atoms with Gasteiger partial charge in [-0.1, -0.05) is 0 Å². The molecule has 0 aromatic heterocycles. The lowest BCUT2D eigenvalue weighted by Gasteiger charge is -1.96. The fourth-order valence-corrected chi connectivity index (χ4v) is 0.280. The van der Waals surface area contributed by atoms with Crippen LogP contribution in [0.4, 0.5) is 0 Å². The molecular formula is C7H16O4. The first-order valence-corrected chi connectivity index (χ1v) is 3.33. The number of carbonyl (C=O) groups excluding carboxylic acids is 1. The third-order valence-corrected chi connectivity index (χ3v) is 0.608. The van der Waals surface area contributed by atoms with E-state index in [1.54, 1.807) is 14.2 Å². The van der Waals surface area contributed by atoms with Gasteiger partial charge in [0.1, 0.15) is 0 Å². The molecule has 0 saturated heterocycles. The molecule has 0 saturated carbocycles. The van der Waals surface area contributed by atoms with Crippen LogP contribution in [0.1, 0.15) is 13.3 Å². The van der Waals surface area contributed by atoms with Gasteiger partial charge in [-0.25, -0.2) is 0 Å². The molecule has 0 radical (unpaired) electrons. The van der Waals surface area contributed by atoms with Crippen molar-refractivity contribution in [1.29, 1.82) is 0 Å². The Balaban J connectivity index is 0. The Bertz CT molecular complexity index is 82.5. The Labute approximate surface area is 67.1 Å². The van der Waals surface area contributed by atoms with E-state index in [1.165, 1.54) is 6.92 Å². The fraction of sp³-hybridized carbons (Fsp3) is 0.857. The van der Waals surface area contributed by atoms with Gasteiger partial charge in [0, 0.05) is 34.2 Å². The highest BCUT2D eigenvalue weighted by Gasteiger charge is 1.88. The molecule has 0 atom stereocenters. The standard InChI is InChI=1S/C5H10O3.C2H6O/c1-5(7)8-4-2-3-6;1-3-2/h6H,2-4H2,1H3;1-2H3. The first kappa shape index (κ1) is 13.0. The highest BCUT2D eigenvalue weighted by molar-refractivity contribution is 5.65. The van der Waals surface area contributed by atoms with Crippen LogP contribution in [0.2, 0.25) is 0 Å². The molecule has 0 heterocycles. The third kappa shape index (κ3) is 26.6. The summed E-state index contributed by atoms with van der Waals surface area (Å²) in [5.41, 5.74) is 0. The monoisotopic (exact) mass is 164 g/mol. The maximum atomic E-state index is 10.0. The quantitative estimate of drug-likeness (QED) is 0.478. The van der Waals surface area contributed by atoms with Gasteiger partial charge < -0.3 is 14.6 Å². The second-order valence-electron chi connectivity index (χ2n) is 1.83. The summed E-state index contributed by atoms with van der Waals surface area (Å²) in [5.74, 6) is -0.293. The first-order valence-electron chi connectivity index (χ1n) is 3.33. The fourth-order valence-electron chi connectivity index (χ4n) is 0.280. The van der Waals surface area contributed by atoms with Crippen molar-refractivity contribution < 1.29 is 19.4 Å². The number of hydrogen-bond acceptors (Lipinski definition) is 4.